The summed E-state index contributed by atoms with van der Waals surface area (Å²) >= 11 is 7.07. The van der Waals surface area contributed by atoms with Crippen molar-refractivity contribution in [3.8, 4) is 0 Å². The molecule has 6 heteroatoms. The van der Waals surface area contributed by atoms with Crippen LogP contribution >= 0.6 is 17.9 Å². The van der Waals surface area contributed by atoms with E-state index in [1.807, 2.05) is 0 Å². The third-order valence-corrected chi connectivity index (χ3v) is 1.15. The van der Waals surface area contributed by atoms with Gasteiger partial charge in [-0.1, -0.05) is 38.9 Å². The van der Waals surface area contributed by atoms with Gasteiger partial charge in [-0.25, -0.2) is 0 Å². The van der Waals surface area contributed by atoms with Crippen molar-refractivity contribution in [2.75, 3.05) is 0 Å². The van der Waals surface area contributed by atoms with Crippen molar-refractivity contribution in [3.05, 3.63) is 12.8 Å². The molecule has 0 atom stereocenters. The van der Waals surface area contributed by atoms with E-state index in [9.17, 15) is 0 Å². The molecule has 2 nitrogen and oxygen atoms in total. The first kappa shape index (κ1) is 26.2. The Labute approximate surface area is 125 Å². The first-order chi connectivity index (χ1) is 6.83. The summed E-state index contributed by atoms with van der Waals surface area (Å²) in [6.45, 7) is 8.53. The Bertz CT molecular complexity index is 125. The van der Waals surface area contributed by atoms with Crippen LogP contribution in [0.1, 0.15) is 53.4 Å². The number of unbranched alkanes of at least 4 members (excludes halogenated alkanes) is 4. The van der Waals surface area contributed by atoms with E-state index in [1.165, 1.54) is 25.7 Å². The zero-order valence-corrected chi connectivity index (χ0v) is 16.5. The summed E-state index contributed by atoms with van der Waals surface area (Å²) in [4.78, 5) is 15.7. The van der Waals surface area contributed by atoms with Gasteiger partial charge in [0, 0.05) is 0 Å². The standard InChI is InChI=1S/2C5H11.H3O2PS2.Zn/c2*1-3-5-4-2;1-3(2,4)5;/h2*3H,4-5H2,1-2H3;(H3,1,2,4,5);/q2*-1;;+2. The number of hydrogen-bond donors (Lipinski definition) is 3. The van der Waals surface area contributed by atoms with Crippen LogP contribution in [-0.2, 0) is 31.3 Å². The van der Waals surface area contributed by atoms with Gasteiger partial charge in [0.2, 0.25) is 5.69 Å². The summed E-state index contributed by atoms with van der Waals surface area (Å²) in [5.74, 6) is 0. The van der Waals surface area contributed by atoms with E-state index in [4.69, 9.17) is 9.79 Å². The Morgan fingerprint density at radius 3 is 1.25 bits per heavy atom. The number of hydrogen-bond acceptors (Lipinski definition) is 1. The van der Waals surface area contributed by atoms with Crippen LogP contribution in [-0.4, -0.2) is 9.79 Å². The van der Waals surface area contributed by atoms with Crippen molar-refractivity contribution >= 4 is 29.7 Å². The monoisotopic (exact) mass is 336 g/mol. The fraction of sp³-hybridized carbons (Fsp3) is 0.800. The molecule has 2 N–H and O–H groups in total. The van der Waals surface area contributed by atoms with Crippen LogP contribution in [0, 0.1) is 12.8 Å². The second-order valence-electron chi connectivity index (χ2n) is 2.91. The second-order valence-corrected chi connectivity index (χ2v) is 7.95. The second kappa shape index (κ2) is 21.8. The van der Waals surface area contributed by atoms with Crippen LogP contribution in [0.15, 0.2) is 0 Å². The average Bonchev–Trinajstić information content (AvgIpc) is 2.05. The topological polar surface area (TPSA) is 40.5 Å². The molecule has 0 bridgehead atoms. The summed E-state index contributed by atoms with van der Waals surface area (Å²) in [7, 11) is 0. The van der Waals surface area contributed by atoms with Gasteiger partial charge in [-0.05, 0) is 11.8 Å². The predicted molar refractivity (Wildman–Crippen MR) is 77.5 cm³/mol. The zero-order chi connectivity index (χ0) is 12.7. The molecule has 0 amide bonds. The molecule has 96 valence electrons. The van der Waals surface area contributed by atoms with Crippen LogP contribution in [0.25, 0.3) is 0 Å². The maximum atomic E-state index is 7.87. The predicted octanol–water partition coefficient (Wildman–Crippen LogP) is 4.14. The Kier molecular flexibility index (Phi) is 35.6. The summed E-state index contributed by atoms with van der Waals surface area (Å²) in [5.41, 5.74) is -3.11. The van der Waals surface area contributed by atoms with Crippen LogP contribution in [0.5, 0.6) is 0 Å². The van der Waals surface area contributed by atoms with E-state index in [-0.39, 0.29) is 19.5 Å². The minimum absolute atomic E-state index is 0. The molecular formula is C10H25O2PS2Zn. The molecule has 0 aliphatic rings. The van der Waals surface area contributed by atoms with E-state index >= 15 is 0 Å². The zero-order valence-electron chi connectivity index (χ0n) is 10.9. The molecule has 0 unspecified atom stereocenters. The molecule has 0 aliphatic heterocycles. The molecule has 0 aromatic heterocycles. The van der Waals surface area contributed by atoms with Crippen molar-refractivity contribution in [3.63, 3.8) is 0 Å². The molecule has 0 saturated carbocycles. The maximum Gasteiger partial charge on any atom is 2.00 e. The van der Waals surface area contributed by atoms with Gasteiger partial charge in [0.15, 0.2) is 0 Å². The molecular weight excluding hydrogens is 313 g/mol. The Morgan fingerprint density at radius 1 is 1.06 bits per heavy atom. The normalized spacial score (nSPS) is 8.94. The minimum atomic E-state index is -3.11. The van der Waals surface area contributed by atoms with E-state index in [2.05, 4.69) is 64.6 Å². The van der Waals surface area contributed by atoms with Gasteiger partial charge in [0.25, 0.3) is 0 Å². The van der Waals surface area contributed by atoms with E-state index in [1.54, 1.807) is 0 Å². The van der Waals surface area contributed by atoms with Gasteiger partial charge in [0.05, 0.1) is 0 Å². The quantitative estimate of drug-likeness (QED) is 0.312. The van der Waals surface area contributed by atoms with Crippen molar-refractivity contribution in [2.45, 2.75) is 53.4 Å². The molecule has 0 saturated heterocycles. The summed E-state index contributed by atoms with van der Waals surface area (Å²) in [6, 6.07) is 0. The summed E-state index contributed by atoms with van der Waals surface area (Å²) in [5, 5.41) is 0. The van der Waals surface area contributed by atoms with Gasteiger partial charge in [-0.2, -0.15) is 26.7 Å². The number of thiol groups is 1. The van der Waals surface area contributed by atoms with Crippen molar-refractivity contribution in [2.24, 2.45) is 0 Å². The molecule has 0 spiro atoms. The van der Waals surface area contributed by atoms with Gasteiger partial charge in [-0.15, -0.1) is 0 Å². The molecule has 16 heavy (non-hydrogen) atoms. The van der Waals surface area contributed by atoms with Crippen LogP contribution in [0.2, 0.25) is 0 Å². The first-order valence-electron chi connectivity index (χ1n) is 5.17. The van der Waals surface area contributed by atoms with E-state index in [0.717, 1.165) is 0 Å². The minimum Gasteiger partial charge on any atom is -0.338 e. The van der Waals surface area contributed by atoms with E-state index < -0.39 is 5.69 Å². The van der Waals surface area contributed by atoms with Gasteiger partial charge in [-0.3, -0.25) is 0 Å². The first-order valence-corrected chi connectivity index (χ1v) is 9.03. The summed E-state index contributed by atoms with van der Waals surface area (Å²) < 4.78 is 0. The van der Waals surface area contributed by atoms with Gasteiger partial charge in [0.1, 0.15) is 0 Å². The SMILES string of the molecule is C[CH-]CCC.C[CH-]CCC.OP(O)(=S)S.[Zn+2]. The van der Waals surface area contributed by atoms with Crippen molar-refractivity contribution < 1.29 is 29.3 Å². The molecule has 0 aromatic carbocycles. The third kappa shape index (κ3) is 107. The number of rotatable bonds is 4. The molecule has 0 heterocycles. The summed E-state index contributed by atoms with van der Waals surface area (Å²) in [6.07, 6.45) is 9.47. The van der Waals surface area contributed by atoms with Gasteiger partial charge < -0.3 is 22.6 Å². The van der Waals surface area contributed by atoms with Crippen LogP contribution in [0.3, 0.4) is 0 Å². The maximum absolute atomic E-state index is 7.87. The largest absolute Gasteiger partial charge is 2.00 e. The van der Waals surface area contributed by atoms with E-state index in [0.29, 0.717) is 0 Å². The fourth-order valence-electron chi connectivity index (χ4n) is 0.577. The third-order valence-electron chi connectivity index (χ3n) is 1.15. The smallest absolute Gasteiger partial charge is 0.338 e. The molecule has 0 fully saturated rings. The van der Waals surface area contributed by atoms with Gasteiger partial charge >= 0.3 is 19.5 Å². The molecule has 0 aliphatic carbocycles. The van der Waals surface area contributed by atoms with Crippen LogP contribution < -0.4 is 0 Å². The van der Waals surface area contributed by atoms with Crippen molar-refractivity contribution in [1.29, 1.82) is 0 Å². The Hall–Kier alpha value is 1.54. The molecule has 0 radical (unpaired) electrons. The fourth-order valence-corrected chi connectivity index (χ4v) is 0.577. The van der Waals surface area contributed by atoms with Crippen molar-refractivity contribution in [1.82, 2.24) is 0 Å². The Balaban J connectivity index is -0.0000000655. The van der Waals surface area contributed by atoms with Crippen LogP contribution in [0.4, 0.5) is 0 Å². The Morgan fingerprint density at radius 2 is 1.25 bits per heavy atom. The molecule has 0 aromatic rings. The average molecular weight is 338 g/mol. The molecule has 0 rings (SSSR count).